The fourth-order valence-corrected chi connectivity index (χ4v) is 3.76. The van der Waals surface area contributed by atoms with Crippen molar-refractivity contribution in [2.24, 2.45) is 16.5 Å². The van der Waals surface area contributed by atoms with Crippen molar-refractivity contribution in [2.45, 2.75) is 31.5 Å². The maximum Gasteiger partial charge on any atom is 0.416 e. The van der Waals surface area contributed by atoms with Crippen LogP contribution in [-0.2, 0) is 27.0 Å². The molecule has 1 aromatic carbocycles. The third-order valence-corrected chi connectivity index (χ3v) is 5.27. The highest BCUT2D eigenvalue weighted by atomic mass is 79.9. The zero-order valence-electron chi connectivity index (χ0n) is 14.4. The van der Waals surface area contributed by atoms with Crippen LogP contribution in [0.2, 0.25) is 0 Å². The van der Waals surface area contributed by atoms with E-state index in [1.807, 2.05) is 0 Å². The van der Waals surface area contributed by atoms with Crippen LogP contribution < -0.4 is 0 Å². The van der Waals surface area contributed by atoms with E-state index in [9.17, 15) is 22.8 Å². The molecule has 0 radical (unpaired) electrons. The Bertz CT molecular complexity index is 791. The zero-order valence-corrected chi connectivity index (χ0v) is 16.0. The molecule has 0 bridgehead atoms. The van der Waals surface area contributed by atoms with E-state index in [1.165, 1.54) is 0 Å². The molecule has 0 saturated heterocycles. The number of halogens is 4. The van der Waals surface area contributed by atoms with Gasteiger partial charge in [0.2, 0.25) is 5.41 Å². The Labute approximate surface area is 162 Å². The number of carbonyl (C=O) groups excluding carboxylic acids is 2. The van der Waals surface area contributed by atoms with Gasteiger partial charge in [0.05, 0.1) is 18.9 Å². The molecule has 9 heteroatoms. The predicted octanol–water partition coefficient (Wildman–Crippen LogP) is 3.78. The number of ketones is 1. The molecule has 0 spiro atoms. The van der Waals surface area contributed by atoms with Gasteiger partial charge in [0.25, 0.3) is 0 Å². The molecule has 146 valence electrons. The molecular weight excluding hydrogens is 431 g/mol. The van der Waals surface area contributed by atoms with E-state index in [0.717, 1.165) is 44.4 Å². The molecular formula is C18H17BrF3NO4. The van der Waals surface area contributed by atoms with Crippen molar-refractivity contribution in [1.29, 1.82) is 0 Å². The average Bonchev–Trinajstić information content (AvgIpc) is 3.38. The molecule has 0 aromatic heterocycles. The second-order valence-corrected chi connectivity index (χ2v) is 7.39. The highest BCUT2D eigenvalue weighted by Gasteiger charge is 2.62. The highest BCUT2D eigenvalue weighted by Crippen LogP contribution is 2.47. The SMILES string of the molecule is COC(=O)C1(C(=O)c2ccc(C(F)(F)F)cc2CCBr)C=NOC1C1CC1. The summed E-state index contributed by atoms with van der Waals surface area (Å²) in [7, 11) is 1.15. The van der Waals surface area contributed by atoms with Crippen molar-refractivity contribution < 1.29 is 32.3 Å². The lowest BCUT2D eigenvalue weighted by Crippen LogP contribution is -2.50. The number of hydrogen-bond donors (Lipinski definition) is 0. The molecule has 0 amide bonds. The van der Waals surface area contributed by atoms with Crippen LogP contribution >= 0.6 is 15.9 Å². The number of carbonyl (C=O) groups is 2. The van der Waals surface area contributed by atoms with Gasteiger partial charge in [0.1, 0.15) is 0 Å². The second-order valence-electron chi connectivity index (χ2n) is 6.60. The van der Waals surface area contributed by atoms with Crippen LogP contribution in [0.5, 0.6) is 0 Å². The van der Waals surface area contributed by atoms with E-state index in [1.54, 1.807) is 0 Å². The number of rotatable bonds is 6. The van der Waals surface area contributed by atoms with E-state index in [2.05, 4.69) is 21.1 Å². The number of hydrogen-bond acceptors (Lipinski definition) is 5. The zero-order chi connectivity index (χ0) is 19.8. The third kappa shape index (κ3) is 3.49. The van der Waals surface area contributed by atoms with Crippen LogP contribution in [0.25, 0.3) is 0 Å². The van der Waals surface area contributed by atoms with Gasteiger partial charge in [0.15, 0.2) is 11.9 Å². The Morgan fingerprint density at radius 1 is 1.37 bits per heavy atom. The van der Waals surface area contributed by atoms with Gasteiger partial charge in [-0.25, -0.2) is 0 Å². The molecule has 1 aliphatic heterocycles. The molecule has 2 unspecified atom stereocenters. The number of nitrogens with zero attached hydrogens (tertiary/aromatic N) is 1. The van der Waals surface area contributed by atoms with Crippen LogP contribution in [0.1, 0.15) is 34.3 Å². The molecule has 2 aliphatic rings. The average molecular weight is 448 g/mol. The fraction of sp³-hybridized carbons (Fsp3) is 0.500. The monoisotopic (exact) mass is 447 g/mol. The summed E-state index contributed by atoms with van der Waals surface area (Å²) in [5.41, 5.74) is -2.39. The molecule has 3 rings (SSSR count). The Hall–Kier alpha value is -1.90. The van der Waals surface area contributed by atoms with Crippen LogP contribution in [0.15, 0.2) is 23.4 Å². The van der Waals surface area contributed by atoms with Gasteiger partial charge in [-0.1, -0.05) is 27.2 Å². The molecule has 1 aromatic rings. The summed E-state index contributed by atoms with van der Waals surface area (Å²) in [4.78, 5) is 31.3. The maximum atomic E-state index is 13.4. The standard InChI is InChI=1S/C18H17BrF3NO4/c1-26-16(25)17(9-23-27-15(17)10-2-3-10)14(24)13-5-4-12(18(20,21)22)8-11(13)6-7-19/h4-5,8-10,15H,2-3,6-7H2,1H3. The summed E-state index contributed by atoms with van der Waals surface area (Å²) in [5, 5.41) is 4.05. The van der Waals surface area contributed by atoms with E-state index in [4.69, 9.17) is 9.57 Å². The number of ether oxygens (including phenoxy) is 1. The highest BCUT2D eigenvalue weighted by molar-refractivity contribution is 9.09. The minimum atomic E-state index is -4.53. The molecule has 1 fully saturated rings. The van der Waals surface area contributed by atoms with E-state index in [0.29, 0.717) is 5.33 Å². The summed E-state index contributed by atoms with van der Waals surface area (Å²) in [6.07, 6.45) is -2.47. The van der Waals surface area contributed by atoms with Gasteiger partial charge in [-0.15, -0.1) is 0 Å². The second kappa shape index (κ2) is 7.26. The first-order valence-electron chi connectivity index (χ1n) is 8.35. The number of benzene rings is 1. The molecule has 0 N–H and O–H groups in total. The van der Waals surface area contributed by atoms with E-state index < -0.39 is 35.0 Å². The Morgan fingerprint density at radius 3 is 2.63 bits per heavy atom. The summed E-state index contributed by atoms with van der Waals surface area (Å²) in [6, 6.07) is 2.90. The fourth-order valence-electron chi connectivity index (χ4n) is 3.33. The van der Waals surface area contributed by atoms with Crippen LogP contribution in [0.3, 0.4) is 0 Å². The smallest absolute Gasteiger partial charge is 0.416 e. The first-order chi connectivity index (χ1) is 12.8. The number of oxime groups is 1. The van der Waals surface area contributed by atoms with Gasteiger partial charge in [-0.2, -0.15) is 13.2 Å². The number of aryl methyl sites for hydroxylation is 1. The lowest BCUT2D eigenvalue weighted by Gasteiger charge is -2.28. The minimum Gasteiger partial charge on any atom is -0.468 e. The molecule has 1 heterocycles. The lowest BCUT2D eigenvalue weighted by atomic mass is 9.74. The van der Waals surface area contributed by atoms with Gasteiger partial charge >= 0.3 is 12.1 Å². The van der Waals surface area contributed by atoms with Crippen molar-refractivity contribution in [3.63, 3.8) is 0 Å². The largest absolute Gasteiger partial charge is 0.468 e. The summed E-state index contributed by atoms with van der Waals surface area (Å²) >= 11 is 3.19. The number of methoxy groups -OCH3 is 1. The molecule has 2 atom stereocenters. The molecule has 5 nitrogen and oxygen atoms in total. The Balaban J connectivity index is 2.09. The van der Waals surface area contributed by atoms with Gasteiger partial charge < -0.3 is 9.57 Å². The predicted molar refractivity (Wildman–Crippen MR) is 93.8 cm³/mol. The normalized spacial score (nSPS) is 24.6. The van der Waals surface area contributed by atoms with Gasteiger partial charge in [-0.05, 0) is 37.0 Å². The number of esters is 1. The van der Waals surface area contributed by atoms with Crippen LogP contribution in [0, 0.1) is 11.3 Å². The molecule has 27 heavy (non-hydrogen) atoms. The first-order valence-corrected chi connectivity index (χ1v) is 9.47. The summed E-state index contributed by atoms with van der Waals surface area (Å²) < 4.78 is 44.0. The minimum absolute atomic E-state index is 0.0235. The van der Waals surface area contributed by atoms with E-state index in [-0.39, 0.29) is 23.5 Å². The maximum absolute atomic E-state index is 13.4. The Kier molecular flexibility index (Phi) is 5.33. The number of Topliss-reactive ketones (excluding diaryl/α,β-unsaturated/α-hetero) is 1. The van der Waals surface area contributed by atoms with Gasteiger partial charge in [0, 0.05) is 16.8 Å². The topological polar surface area (TPSA) is 65.0 Å². The Morgan fingerprint density at radius 2 is 2.07 bits per heavy atom. The van der Waals surface area contributed by atoms with Crippen molar-refractivity contribution in [3.8, 4) is 0 Å². The number of alkyl halides is 4. The van der Waals surface area contributed by atoms with Crippen molar-refractivity contribution in [1.82, 2.24) is 0 Å². The van der Waals surface area contributed by atoms with Crippen LogP contribution in [-0.4, -0.2) is 36.5 Å². The van der Waals surface area contributed by atoms with Crippen molar-refractivity contribution in [2.75, 3.05) is 12.4 Å². The third-order valence-electron chi connectivity index (χ3n) is 4.87. The van der Waals surface area contributed by atoms with E-state index >= 15 is 0 Å². The van der Waals surface area contributed by atoms with Crippen LogP contribution in [0.4, 0.5) is 13.2 Å². The first kappa shape index (κ1) is 19.9. The van der Waals surface area contributed by atoms with Gasteiger partial charge in [-0.3, -0.25) is 9.59 Å². The lowest BCUT2D eigenvalue weighted by molar-refractivity contribution is -0.151. The molecule has 1 aliphatic carbocycles. The molecule has 1 saturated carbocycles. The van der Waals surface area contributed by atoms with Crippen molar-refractivity contribution >= 4 is 33.9 Å². The van der Waals surface area contributed by atoms with Crippen molar-refractivity contribution in [3.05, 3.63) is 34.9 Å². The summed E-state index contributed by atoms with van der Waals surface area (Å²) in [6.45, 7) is 0. The quantitative estimate of drug-likeness (QED) is 0.288. The summed E-state index contributed by atoms with van der Waals surface area (Å²) in [5.74, 6) is -1.50.